The molecule has 0 fully saturated rings. The van der Waals surface area contributed by atoms with E-state index in [2.05, 4.69) is 31.3 Å². The lowest BCUT2D eigenvalue weighted by atomic mass is 9.87. The third-order valence-electron chi connectivity index (χ3n) is 3.47. The minimum absolute atomic E-state index is 0.0343. The van der Waals surface area contributed by atoms with Crippen LogP contribution in [0, 0.1) is 11.6 Å². The van der Waals surface area contributed by atoms with Crippen LogP contribution >= 0.6 is 0 Å². The highest BCUT2D eigenvalue weighted by Crippen LogP contribution is 2.24. The van der Waals surface area contributed by atoms with Crippen LogP contribution in [0.15, 0.2) is 47.6 Å². The Labute approximate surface area is 145 Å². The maximum Gasteiger partial charge on any atom is 0.277 e. The van der Waals surface area contributed by atoms with E-state index in [0.29, 0.717) is 5.75 Å². The van der Waals surface area contributed by atoms with Gasteiger partial charge in [0.1, 0.15) is 17.4 Å². The predicted octanol–water partition coefficient (Wildman–Crippen LogP) is 3.79. The van der Waals surface area contributed by atoms with E-state index >= 15 is 0 Å². The number of hydrogen-bond donors (Lipinski definition) is 1. The Balaban J connectivity index is 1.86. The van der Waals surface area contributed by atoms with E-state index in [1.165, 1.54) is 6.07 Å². The zero-order valence-electron chi connectivity index (χ0n) is 14.3. The first-order valence-corrected chi connectivity index (χ1v) is 7.76. The first kappa shape index (κ1) is 18.6. The van der Waals surface area contributed by atoms with Gasteiger partial charge in [-0.25, -0.2) is 14.2 Å². The molecule has 0 aliphatic heterocycles. The molecular weight excluding hydrogens is 326 g/mol. The molecule has 1 amide bonds. The number of nitrogens with one attached hydrogen (secondary N) is 1. The molecule has 0 unspecified atom stereocenters. The van der Waals surface area contributed by atoms with Gasteiger partial charge in [-0.3, -0.25) is 4.79 Å². The van der Waals surface area contributed by atoms with Crippen molar-refractivity contribution in [2.45, 2.75) is 26.2 Å². The van der Waals surface area contributed by atoms with Gasteiger partial charge in [0.2, 0.25) is 0 Å². The number of benzene rings is 2. The van der Waals surface area contributed by atoms with Crippen LogP contribution in [0.2, 0.25) is 0 Å². The number of hydrogen-bond acceptors (Lipinski definition) is 3. The van der Waals surface area contributed by atoms with Crippen molar-refractivity contribution in [2.75, 3.05) is 6.61 Å². The predicted molar refractivity (Wildman–Crippen MR) is 92.7 cm³/mol. The molecule has 0 atom stereocenters. The third kappa shape index (κ3) is 5.38. The van der Waals surface area contributed by atoms with Crippen molar-refractivity contribution in [1.82, 2.24) is 5.43 Å². The van der Waals surface area contributed by atoms with Crippen molar-refractivity contribution in [1.29, 1.82) is 0 Å². The lowest BCUT2D eigenvalue weighted by molar-refractivity contribution is -0.123. The van der Waals surface area contributed by atoms with Gasteiger partial charge in [-0.05, 0) is 35.2 Å². The molecule has 0 aliphatic carbocycles. The summed E-state index contributed by atoms with van der Waals surface area (Å²) in [5.74, 6) is -1.50. The Morgan fingerprint density at radius 3 is 2.28 bits per heavy atom. The van der Waals surface area contributed by atoms with Crippen LogP contribution in [0.3, 0.4) is 0 Å². The SMILES string of the molecule is CC(C)(C)c1ccc(OCC(=O)N/N=C/c2c(F)cccc2F)cc1. The van der Waals surface area contributed by atoms with Gasteiger partial charge in [0.25, 0.3) is 5.91 Å². The van der Waals surface area contributed by atoms with E-state index in [0.717, 1.165) is 23.9 Å². The van der Waals surface area contributed by atoms with Gasteiger partial charge in [-0.1, -0.05) is 39.0 Å². The second kappa shape index (κ2) is 7.88. The first-order valence-electron chi connectivity index (χ1n) is 7.76. The molecule has 0 saturated heterocycles. The first-order chi connectivity index (χ1) is 11.8. The number of rotatable bonds is 5. The van der Waals surface area contributed by atoms with Gasteiger partial charge in [0.15, 0.2) is 6.61 Å². The fraction of sp³-hybridized carbons (Fsp3) is 0.263. The zero-order chi connectivity index (χ0) is 18.4. The van der Waals surface area contributed by atoms with Gasteiger partial charge in [0, 0.05) is 0 Å². The standard InChI is InChI=1S/C19H20F2N2O2/c1-19(2,3)13-7-9-14(10-8-13)25-12-18(24)23-22-11-15-16(20)5-4-6-17(15)21/h4-11H,12H2,1-3H3,(H,23,24)/b22-11+. The minimum Gasteiger partial charge on any atom is -0.484 e. The second-order valence-corrected chi connectivity index (χ2v) is 6.49. The molecule has 4 nitrogen and oxygen atoms in total. The summed E-state index contributed by atoms with van der Waals surface area (Å²) in [5, 5.41) is 3.54. The summed E-state index contributed by atoms with van der Waals surface area (Å²) in [4.78, 5) is 11.7. The maximum absolute atomic E-state index is 13.4. The van der Waals surface area contributed by atoms with Gasteiger partial charge < -0.3 is 4.74 Å². The molecule has 0 radical (unpaired) electrons. The molecule has 6 heteroatoms. The van der Waals surface area contributed by atoms with Crippen LogP contribution in [0.5, 0.6) is 5.75 Å². The fourth-order valence-corrected chi connectivity index (χ4v) is 2.04. The van der Waals surface area contributed by atoms with Crippen LogP contribution in [0.1, 0.15) is 31.9 Å². The molecule has 0 saturated carbocycles. The monoisotopic (exact) mass is 346 g/mol. The normalized spacial score (nSPS) is 11.6. The molecule has 0 aromatic heterocycles. The third-order valence-corrected chi connectivity index (χ3v) is 3.47. The molecule has 0 aliphatic rings. The molecule has 1 N–H and O–H groups in total. The van der Waals surface area contributed by atoms with E-state index in [1.54, 1.807) is 12.1 Å². The van der Waals surface area contributed by atoms with E-state index in [1.807, 2.05) is 12.1 Å². The van der Waals surface area contributed by atoms with Crippen molar-refractivity contribution in [3.63, 3.8) is 0 Å². The molecule has 132 valence electrons. The van der Waals surface area contributed by atoms with E-state index < -0.39 is 17.5 Å². The van der Waals surface area contributed by atoms with Crippen molar-refractivity contribution < 1.29 is 18.3 Å². The van der Waals surface area contributed by atoms with Crippen LogP contribution in [-0.2, 0) is 10.2 Å². The van der Waals surface area contributed by atoms with Crippen molar-refractivity contribution in [3.8, 4) is 5.75 Å². The van der Waals surface area contributed by atoms with Gasteiger partial charge in [-0.2, -0.15) is 5.10 Å². The summed E-state index contributed by atoms with van der Waals surface area (Å²) in [7, 11) is 0. The molecular formula is C19H20F2N2O2. The average Bonchev–Trinajstić information content (AvgIpc) is 2.55. The Morgan fingerprint density at radius 2 is 1.72 bits per heavy atom. The second-order valence-electron chi connectivity index (χ2n) is 6.49. The summed E-state index contributed by atoms with van der Waals surface area (Å²) in [6.45, 7) is 6.05. The lowest BCUT2D eigenvalue weighted by Crippen LogP contribution is -2.24. The fourth-order valence-electron chi connectivity index (χ4n) is 2.04. The van der Waals surface area contributed by atoms with Crippen molar-refractivity contribution in [2.24, 2.45) is 5.10 Å². The number of nitrogens with zero attached hydrogens (tertiary/aromatic N) is 1. The highest BCUT2D eigenvalue weighted by atomic mass is 19.1. The summed E-state index contributed by atoms with van der Waals surface area (Å²) in [5.41, 5.74) is 3.03. The molecule has 0 spiro atoms. The quantitative estimate of drug-likeness (QED) is 0.661. The van der Waals surface area contributed by atoms with Crippen molar-refractivity contribution in [3.05, 3.63) is 65.2 Å². The number of carbonyl (C=O) groups excluding carboxylic acids is 1. The lowest BCUT2D eigenvalue weighted by Gasteiger charge is -2.19. The number of hydrazone groups is 1. The zero-order valence-corrected chi connectivity index (χ0v) is 14.3. The smallest absolute Gasteiger partial charge is 0.277 e. The molecule has 25 heavy (non-hydrogen) atoms. The summed E-state index contributed by atoms with van der Waals surface area (Å²) >= 11 is 0. The topological polar surface area (TPSA) is 50.7 Å². The number of carbonyl (C=O) groups is 1. The Hall–Kier alpha value is -2.76. The maximum atomic E-state index is 13.4. The summed E-state index contributed by atoms with van der Waals surface area (Å²) < 4.78 is 32.1. The van der Waals surface area contributed by atoms with Crippen molar-refractivity contribution >= 4 is 12.1 Å². The highest BCUT2D eigenvalue weighted by Gasteiger charge is 2.13. The van der Waals surface area contributed by atoms with Gasteiger partial charge >= 0.3 is 0 Å². The Morgan fingerprint density at radius 1 is 1.12 bits per heavy atom. The number of amides is 1. The van der Waals surface area contributed by atoms with E-state index in [-0.39, 0.29) is 17.6 Å². The number of ether oxygens (including phenoxy) is 1. The van der Waals surface area contributed by atoms with E-state index in [4.69, 9.17) is 4.74 Å². The largest absolute Gasteiger partial charge is 0.484 e. The molecule has 0 heterocycles. The minimum atomic E-state index is -0.756. The van der Waals surface area contributed by atoms with E-state index in [9.17, 15) is 13.6 Å². The summed E-state index contributed by atoms with van der Waals surface area (Å²) in [6, 6.07) is 10.9. The van der Waals surface area contributed by atoms with Crippen LogP contribution in [0.25, 0.3) is 0 Å². The van der Waals surface area contributed by atoms with Gasteiger partial charge in [0.05, 0.1) is 11.8 Å². The van der Waals surface area contributed by atoms with Crippen LogP contribution in [-0.4, -0.2) is 18.7 Å². The molecule has 2 aromatic carbocycles. The average molecular weight is 346 g/mol. The molecule has 0 bridgehead atoms. The van der Waals surface area contributed by atoms with Crippen LogP contribution < -0.4 is 10.2 Å². The van der Waals surface area contributed by atoms with Gasteiger partial charge in [-0.15, -0.1) is 0 Å². The Bertz CT molecular complexity index is 746. The highest BCUT2D eigenvalue weighted by molar-refractivity contribution is 5.83. The Kier molecular flexibility index (Phi) is 5.85. The summed E-state index contributed by atoms with van der Waals surface area (Å²) in [6.07, 6.45) is 0.917. The molecule has 2 aromatic rings. The molecule has 2 rings (SSSR count). The number of halogens is 2. The van der Waals surface area contributed by atoms with Crippen LogP contribution in [0.4, 0.5) is 8.78 Å².